The molecule has 2 aromatic carbocycles. The van der Waals surface area contributed by atoms with Crippen molar-refractivity contribution in [3.8, 4) is 0 Å². The number of carboxylic acids is 1. The van der Waals surface area contributed by atoms with Crippen molar-refractivity contribution >= 4 is 22.8 Å². The van der Waals surface area contributed by atoms with Gasteiger partial charge in [-0.05, 0) is 61.6 Å². The number of fused-ring (bicyclic) bond motifs is 1. The number of benzene rings is 2. The van der Waals surface area contributed by atoms with Crippen LogP contribution in [0.25, 0.3) is 10.9 Å². The van der Waals surface area contributed by atoms with Crippen molar-refractivity contribution in [2.24, 2.45) is 5.92 Å². The molecule has 0 saturated heterocycles. The van der Waals surface area contributed by atoms with Crippen LogP contribution in [-0.2, 0) is 17.5 Å². The van der Waals surface area contributed by atoms with Crippen LogP contribution >= 0.6 is 0 Å². The Hall–Kier alpha value is -3.36. The Balaban J connectivity index is 1.54. The van der Waals surface area contributed by atoms with Gasteiger partial charge in [-0.2, -0.15) is 13.2 Å². The van der Waals surface area contributed by atoms with E-state index >= 15 is 0 Å². The number of hydrogen-bond acceptors (Lipinski definition) is 2. The minimum atomic E-state index is -4.42. The second kappa shape index (κ2) is 10.1. The molecule has 186 valence electrons. The van der Waals surface area contributed by atoms with Gasteiger partial charge < -0.3 is 15.0 Å². The molecule has 0 aliphatic heterocycles. The second-order valence-corrected chi connectivity index (χ2v) is 9.10. The maximum Gasteiger partial charge on any atom is 0.416 e. The fourth-order valence-electron chi connectivity index (χ4n) is 4.78. The Bertz CT molecular complexity index is 1210. The highest BCUT2D eigenvalue weighted by Gasteiger charge is 2.30. The molecule has 0 radical (unpaired) electrons. The van der Waals surface area contributed by atoms with E-state index in [0.29, 0.717) is 55.0 Å². The average molecular weight is 490 g/mol. The Labute approximate surface area is 199 Å². The number of hydrogen-bond donors (Lipinski definition) is 2. The predicted molar refractivity (Wildman–Crippen MR) is 123 cm³/mol. The van der Waals surface area contributed by atoms with Crippen molar-refractivity contribution in [3.63, 3.8) is 0 Å². The summed E-state index contributed by atoms with van der Waals surface area (Å²) in [5.41, 5.74) is 0.525. The van der Waals surface area contributed by atoms with Crippen molar-refractivity contribution in [1.82, 2.24) is 9.88 Å². The van der Waals surface area contributed by atoms with E-state index in [0.717, 1.165) is 12.1 Å². The number of halogens is 4. The summed E-state index contributed by atoms with van der Waals surface area (Å²) in [6.07, 6.45) is 0.994. The van der Waals surface area contributed by atoms with Crippen LogP contribution in [0.3, 0.4) is 0 Å². The molecule has 1 aromatic heterocycles. The smallest absolute Gasteiger partial charge is 0.416 e. The lowest BCUT2D eigenvalue weighted by molar-refractivity contribution is -0.142. The molecule has 3 aromatic rings. The van der Waals surface area contributed by atoms with E-state index in [4.69, 9.17) is 0 Å². The topological polar surface area (TPSA) is 71.3 Å². The number of nitrogens with zero attached hydrogens (tertiary/aromatic N) is 1. The molecule has 1 heterocycles. The van der Waals surface area contributed by atoms with Gasteiger partial charge in [-0.25, -0.2) is 4.39 Å². The number of nitrogens with one attached hydrogen (secondary N) is 1. The van der Waals surface area contributed by atoms with Crippen molar-refractivity contribution in [3.05, 3.63) is 71.2 Å². The molecule has 5 nitrogen and oxygen atoms in total. The van der Waals surface area contributed by atoms with Crippen LogP contribution in [0.15, 0.2) is 48.7 Å². The first-order valence-electron chi connectivity index (χ1n) is 11.6. The fourth-order valence-corrected chi connectivity index (χ4v) is 4.78. The molecule has 1 saturated carbocycles. The molecule has 1 amide bonds. The molecule has 1 aliphatic rings. The molecule has 0 atom stereocenters. The minimum absolute atomic E-state index is 0.145. The molecule has 9 heteroatoms. The molecule has 0 spiro atoms. The summed E-state index contributed by atoms with van der Waals surface area (Å²) >= 11 is 0. The van der Waals surface area contributed by atoms with Gasteiger partial charge in [0.2, 0.25) is 0 Å². The summed E-state index contributed by atoms with van der Waals surface area (Å²) in [5.74, 6) is -2.13. The van der Waals surface area contributed by atoms with E-state index < -0.39 is 29.4 Å². The third-order valence-corrected chi connectivity index (χ3v) is 6.60. The first kappa shape index (κ1) is 24.8. The van der Waals surface area contributed by atoms with E-state index in [-0.39, 0.29) is 24.1 Å². The normalized spacial score (nSPS) is 19.2. The number of amides is 1. The van der Waals surface area contributed by atoms with Crippen molar-refractivity contribution in [2.45, 2.75) is 57.3 Å². The SMILES string of the molecule is O=C(NC1CCCC(C(=O)O)CCC1)c1cc(F)cc2ccn(Cc3ccc(C(F)(F)F)cc3)c12. The molecule has 2 N–H and O–H groups in total. The summed E-state index contributed by atoms with van der Waals surface area (Å²) in [6, 6.07) is 8.81. The zero-order valence-electron chi connectivity index (χ0n) is 18.9. The predicted octanol–water partition coefficient (Wildman–Crippen LogP) is 6.00. The lowest BCUT2D eigenvalue weighted by Crippen LogP contribution is -2.36. The van der Waals surface area contributed by atoms with E-state index in [1.54, 1.807) is 16.8 Å². The number of aromatic nitrogens is 1. The highest BCUT2D eigenvalue weighted by molar-refractivity contribution is 6.06. The van der Waals surface area contributed by atoms with Gasteiger partial charge in [0.1, 0.15) is 5.82 Å². The number of carbonyl (C=O) groups is 2. The number of carbonyl (C=O) groups excluding carboxylic acids is 1. The monoisotopic (exact) mass is 490 g/mol. The standard InChI is InChI=1S/C26H26F4N2O3/c27-20-13-18-11-12-32(15-16-7-9-19(10-8-16)26(28,29)30)23(18)22(14-20)24(33)31-21-5-1-3-17(25(34)35)4-2-6-21/h7-14,17,21H,1-6,15H2,(H,31,33)(H,34,35). The average Bonchev–Trinajstić information content (AvgIpc) is 3.16. The third-order valence-electron chi connectivity index (χ3n) is 6.60. The summed E-state index contributed by atoms with van der Waals surface area (Å²) in [7, 11) is 0. The Morgan fingerprint density at radius 2 is 1.66 bits per heavy atom. The number of rotatable bonds is 5. The van der Waals surface area contributed by atoms with Crippen LogP contribution < -0.4 is 5.32 Å². The molecule has 0 bridgehead atoms. The van der Waals surface area contributed by atoms with Crippen LogP contribution in [0.1, 0.15) is 60.0 Å². The Morgan fingerprint density at radius 3 is 2.26 bits per heavy atom. The lowest BCUT2D eigenvalue weighted by Gasteiger charge is -2.24. The van der Waals surface area contributed by atoms with Crippen LogP contribution in [0.2, 0.25) is 0 Å². The van der Waals surface area contributed by atoms with E-state index in [2.05, 4.69) is 5.32 Å². The largest absolute Gasteiger partial charge is 0.481 e. The summed E-state index contributed by atoms with van der Waals surface area (Å²) in [6.45, 7) is 0.216. The first-order valence-corrected chi connectivity index (χ1v) is 11.6. The number of carboxylic acid groups (broad SMARTS) is 1. The number of alkyl halides is 3. The van der Waals surface area contributed by atoms with Crippen molar-refractivity contribution < 1.29 is 32.3 Å². The van der Waals surface area contributed by atoms with Gasteiger partial charge in [0.25, 0.3) is 5.91 Å². The molecule has 35 heavy (non-hydrogen) atoms. The van der Waals surface area contributed by atoms with E-state index in [1.807, 2.05) is 0 Å². The van der Waals surface area contributed by atoms with Crippen molar-refractivity contribution in [1.29, 1.82) is 0 Å². The quantitative estimate of drug-likeness (QED) is 0.431. The Kier molecular flexibility index (Phi) is 7.14. The number of aliphatic carboxylic acids is 1. The summed E-state index contributed by atoms with van der Waals surface area (Å²) in [4.78, 5) is 24.5. The lowest BCUT2D eigenvalue weighted by atomic mass is 9.89. The minimum Gasteiger partial charge on any atom is -0.481 e. The molecule has 1 aliphatic carbocycles. The zero-order chi connectivity index (χ0) is 25.2. The molecular weight excluding hydrogens is 464 g/mol. The zero-order valence-corrected chi connectivity index (χ0v) is 18.9. The highest BCUT2D eigenvalue weighted by Crippen LogP contribution is 2.30. The van der Waals surface area contributed by atoms with Gasteiger partial charge in [0.05, 0.1) is 22.6 Å². The van der Waals surface area contributed by atoms with Gasteiger partial charge >= 0.3 is 12.1 Å². The van der Waals surface area contributed by atoms with Crippen LogP contribution in [0, 0.1) is 11.7 Å². The third kappa shape index (κ3) is 5.83. The van der Waals surface area contributed by atoms with Gasteiger partial charge in [0, 0.05) is 24.2 Å². The van der Waals surface area contributed by atoms with Gasteiger partial charge in [-0.1, -0.05) is 25.0 Å². The van der Waals surface area contributed by atoms with Crippen LogP contribution in [0.4, 0.5) is 17.6 Å². The van der Waals surface area contributed by atoms with E-state index in [1.165, 1.54) is 24.3 Å². The van der Waals surface area contributed by atoms with Gasteiger partial charge in [0.15, 0.2) is 0 Å². The highest BCUT2D eigenvalue weighted by atomic mass is 19.4. The van der Waals surface area contributed by atoms with Gasteiger partial charge in [-0.15, -0.1) is 0 Å². The maximum absolute atomic E-state index is 14.3. The van der Waals surface area contributed by atoms with Crippen molar-refractivity contribution in [2.75, 3.05) is 0 Å². The molecule has 4 rings (SSSR count). The summed E-state index contributed by atoms with van der Waals surface area (Å²) in [5, 5.41) is 12.7. The van der Waals surface area contributed by atoms with Crippen LogP contribution in [0.5, 0.6) is 0 Å². The Morgan fingerprint density at radius 1 is 1.00 bits per heavy atom. The fraction of sp³-hybridized carbons (Fsp3) is 0.385. The van der Waals surface area contributed by atoms with Crippen LogP contribution in [-0.4, -0.2) is 27.6 Å². The first-order chi connectivity index (χ1) is 16.6. The molecular formula is C26H26F4N2O3. The summed E-state index contributed by atoms with van der Waals surface area (Å²) < 4.78 is 54.6. The van der Waals surface area contributed by atoms with Gasteiger partial charge in [-0.3, -0.25) is 9.59 Å². The van der Waals surface area contributed by atoms with E-state index in [9.17, 15) is 32.3 Å². The molecule has 0 unspecified atom stereocenters. The maximum atomic E-state index is 14.3. The molecule has 1 fully saturated rings. The second-order valence-electron chi connectivity index (χ2n) is 9.10.